The van der Waals surface area contributed by atoms with Crippen LogP contribution in [-0.2, 0) is 16.8 Å². The molecular weight excluding hydrogens is 384 g/mol. The molecule has 1 aromatic rings. The molecule has 0 spiro atoms. The van der Waals surface area contributed by atoms with E-state index in [4.69, 9.17) is 11.6 Å². The van der Waals surface area contributed by atoms with Crippen LogP contribution in [0.25, 0.3) is 0 Å². The standard InChI is InChI=1S/C24H37ClN2O2/c1-16(2)20-14-27(13-17(3)22(28)29)15-26-24(20,7)19-9-8-18(21(25)12-19)10-11-23(4,5)6/h8-9,12,14,16-17,26H,10-11,13,15H2,1-7H3,(H,28,29)/t17?,24-/m0/s1. The Balaban J connectivity index is 2.30. The number of carbonyl (C=O) groups is 1. The second-order valence-corrected chi connectivity index (χ2v) is 10.5. The minimum absolute atomic E-state index is 0.281. The molecular formula is C24H37ClN2O2. The summed E-state index contributed by atoms with van der Waals surface area (Å²) < 4.78 is 0. The zero-order chi connectivity index (χ0) is 22.0. The molecule has 1 heterocycles. The molecule has 1 aliphatic rings. The van der Waals surface area contributed by atoms with Gasteiger partial charge in [-0.3, -0.25) is 10.1 Å². The van der Waals surface area contributed by atoms with Gasteiger partial charge in [-0.05, 0) is 53.9 Å². The highest BCUT2D eigenvalue weighted by Gasteiger charge is 2.36. The lowest BCUT2D eigenvalue weighted by Crippen LogP contribution is -2.52. The molecule has 0 bridgehead atoms. The van der Waals surface area contributed by atoms with E-state index < -0.39 is 11.9 Å². The second kappa shape index (κ2) is 9.09. The van der Waals surface area contributed by atoms with Crippen LogP contribution in [0.15, 0.2) is 30.0 Å². The SMILES string of the molecule is CC(C)C1=CN(CC(C)C(=O)O)CN[C@@]1(C)c1ccc(CCC(C)(C)C)c(Cl)c1. The predicted octanol–water partition coefficient (Wildman–Crippen LogP) is 5.66. The van der Waals surface area contributed by atoms with Gasteiger partial charge < -0.3 is 10.0 Å². The number of hydrogen-bond acceptors (Lipinski definition) is 3. The quantitative estimate of drug-likeness (QED) is 0.597. The van der Waals surface area contributed by atoms with E-state index in [1.165, 1.54) is 11.1 Å². The maximum Gasteiger partial charge on any atom is 0.308 e. The highest BCUT2D eigenvalue weighted by Crippen LogP contribution is 2.38. The fourth-order valence-corrected chi connectivity index (χ4v) is 4.12. The molecule has 5 heteroatoms. The average molecular weight is 421 g/mol. The van der Waals surface area contributed by atoms with Gasteiger partial charge in [0.1, 0.15) is 0 Å². The van der Waals surface area contributed by atoms with Crippen LogP contribution >= 0.6 is 11.6 Å². The number of aliphatic carboxylic acids is 1. The van der Waals surface area contributed by atoms with Crippen LogP contribution in [0.5, 0.6) is 0 Å². The molecule has 1 aromatic carbocycles. The lowest BCUT2D eigenvalue weighted by atomic mass is 9.78. The van der Waals surface area contributed by atoms with Crippen LogP contribution in [0.1, 0.15) is 66.0 Å². The number of hydrogen-bond donors (Lipinski definition) is 2. The van der Waals surface area contributed by atoms with E-state index in [1.807, 2.05) is 0 Å². The zero-order valence-corrected chi connectivity index (χ0v) is 19.7. The van der Waals surface area contributed by atoms with Crippen LogP contribution in [0.2, 0.25) is 5.02 Å². The normalized spacial score (nSPS) is 21.3. The van der Waals surface area contributed by atoms with Crippen molar-refractivity contribution in [2.75, 3.05) is 13.2 Å². The van der Waals surface area contributed by atoms with Crippen molar-refractivity contribution in [2.24, 2.45) is 17.3 Å². The Morgan fingerprint density at radius 1 is 1.31 bits per heavy atom. The van der Waals surface area contributed by atoms with Crippen molar-refractivity contribution < 1.29 is 9.90 Å². The van der Waals surface area contributed by atoms with Gasteiger partial charge in [0.05, 0.1) is 18.1 Å². The lowest BCUT2D eigenvalue weighted by molar-refractivity contribution is -0.141. The first kappa shape index (κ1) is 23.8. The van der Waals surface area contributed by atoms with Crippen molar-refractivity contribution in [1.82, 2.24) is 10.2 Å². The Labute approximate surface area is 181 Å². The summed E-state index contributed by atoms with van der Waals surface area (Å²) in [5.74, 6) is -0.868. The molecule has 162 valence electrons. The van der Waals surface area contributed by atoms with Crippen molar-refractivity contribution >= 4 is 17.6 Å². The summed E-state index contributed by atoms with van der Waals surface area (Å²) in [7, 11) is 0. The predicted molar refractivity (Wildman–Crippen MR) is 121 cm³/mol. The molecule has 2 N–H and O–H groups in total. The van der Waals surface area contributed by atoms with Gasteiger partial charge in [0.15, 0.2) is 0 Å². The highest BCUT2D eigenvalue weighted by molar-refractivity contribution is 6.31. The fraction of sp³-hybridized carbons (Fsp3) is 0.625. The summed E-state index contributed by atoms with van der Waals surface area (Å²) in [5, 5.41) is 13.7. The van der Waals surface area contributed by atoms with E-state index >= 15 is 0 Å². The van der Waals surface area contributed by atoms with Gasteiger partial charge in [-0.15, -0.1) is 0 Å². The number of halogens is 1. The Kier molecular flexibility index (Phi) is 7.45. The van der Waals surface area contributed by atoms with Gasteiger partial charge in [0, 0.05) is 17.8 Å². The molecule has 1 aliphatic heterocycles. The molecule has 2 atom stereocenters. The van der Waals surface area contributed by atoms with Crippen molar-refractivity contribution in [2.45, 2.75) is 66.8 Å². The third kappa shape index (κ3) is 5.99. The first-order chi connectivity index (χ1) is 13.3. The first-order valence-corrected chi connectivity index (χ1v) is 10.9. The molecule has 29 heavy (non-hydrogen) atoms. The van der Waals surface area contributed by atoms with E-state index in [1.54, 1.807) is 6.92 Å². The summed E-state index contributed by atoms with van der Waals surface area (Å²) in [6, 6.07) is 6.44. The lowest BCUT2D eigenvalue weighted by Gasteiger charge is -2.43. The van der Waals surface area contributed by atoms with Gasteiger partial charge >= 0.3 is 5.97 Å². The van der Waals surface area contributed by atoms with Gasteiger partial charge in [0.25, 0.3) is 0 Å². The first-order valence-electron chi connectivity index (χ1n) is 10.6. The minimum atomic E-state index is -0.768. The maximum absolute atomic E-state index is 11.2. The summed E-state index contributed by atoms with van der Waals surface area (Å²) in [4.78, 5) is 13.3. The van der Waals surface area contributed by atoms with Crippen molar-refractivity contribution in [3.05, 3.63) is 46.1 Å². The van der Waals surface area contributed by atoms with Crippen LogP contribution in [0.3, 0.4) is 0 Å². The number of aryl methyl sites for hydroxylation is 1. The minimum Gasteiger partial charge on any atom is -0.481 e. The number of nitrogens with zero attached hydrogens (tertiary/aromatic N) is 1. The third-order valence-electron chi connectivity index (χ3n) is 5.86. The van der Waals surface area contributed by atoms with Gasteiger partial charge in [-0.2, -0.15) is 0 Å². The highest BCUT2D eigenvalue weighted by atomic mass is 35.5. The number of nitrogens with one attached hydrogen (secondary N) is 1. The molecule has 0 saturated heterocycles. The third-order valence-corrected chi connectivity index (χ3v) is 6.21. The van der Waals surface area contributed by atoms with E-state index in [9.17, 15) is 9.90 Å². The summed E-state index contributed by atoms with van der Waals surface area (Å²) in [5.41, 5.74) is 3.52. The van der Waals surface area contributed by atoms with Gasteiger partial charge in [-0.1, -0.05) is 65.3 Å². The molecule has 1 unspecified atom stereocenters. The van der Waals surface area contributed by atoms with E-state index in [0.717, 1.165) is 23.4 Å². The number of carboxylic acids is 1. The summed E-state index contributed by atoms with van der Waals surface area (Å²) in [6.45, 7) is 16.1. The Morgan fingerprint density at radius 2 is 1.97 bits per heavy atom. The van der Waals surface area contributed by atoms with Crippen molar-refractivity contribution in [1.29, 1.82) is 0 Å². The topological polar surface area (TPSA) is 52.6 Å². The molecule has 4 nitrogen and oxygen atoms in total. The molecule has 0 amide bonds. The Bertz CT molecular complexity index is 767. The molecule has 2 rings (SSSR count). The molecule has 0 fully saturated rings. The van der Waals surface area contributed by atoms with Crippen LogP contribution in [0, 0.1) is 17.3 Å². The maximum atomic E-state index is 11.2. The van der Waals surface area contributed by atoms with Crippen LogP contribution < -0.4 is 5.32 Å². The molecule has 0 aromatic heterocycles. The Morgan fingerprint density at radius 3 is 2.48 bits per heavy atom. The number of rotatable bonds is 7. The van der Waals surface area contributed by atoms with Crippen LogP contribution in [-0.4, -0.2) is 29.2 Å². The molecule has 0 radical (unpaired) electrons. The van der Waals surface area contributed by atoms with Crippen molar-refractivity contribution in [3.8, 4) is 0 Å². The molecule has 0 aliphatic carbocycles. The van der Waals surface area contributed by atoms with E-state index in [-0.39, 0.29) is 11.0 Å². The monoisotopic (exact) mass is 420 g/mol. The van der Waals surface area contributed by atoms with Crippen LogP contribution in [0.4, 0.5) is 0 Å². The van der Waals surface area contributed by atoms with Gasteiger partial charge in [-0.25, -0.2) is 0 Å². The van der Waals surface area contributed by atoms with E-state index in [0.29, 0.717) is 19.1 Å². The largest absolute Gasteiger partial charge is 0.481 e. The summed E-state index contributed by atoms with van der Waals surface area (Å²) >= 11 is 6.68. The van der Waals surface area contributed by atoms with Crippen molar-refractivity contribution in [3.63, 3.8) is 0 Å². The second-order valence-electron chi connectivity index (χ2n) is 10.1. The number of carboxylic acid groups (broad SMARTS) is 1. The molecule has 0 saturated carbocycles. The van der Waals surface area contributed by atoms with E-state index in [2.05, 4.69) is 76.2 Å². The summed E-state index contributed by atoms with van der Waals surface area (Å²) in [6.07, 6.45) is 4.21. The zero-order valence-electron chi connectivity index (χ0n) is 19.0. The average Bonchev–Trinajstić information content (AvgIpc) is 2.61. The smallest absolute Gasteiger partial charge is 0.308 e. The number of benzene rings is 1. The van der Waals surface area contributed by atoms with Gasteiger partial charge in [0.2, 0.25) is 0 Å². The fourth-order valence-electron chi connectivity index (χ4n) is 3.85. The Hall–Kier alpha value is -1.52.